The van der Waals surface area contributed by atoms with Gasteiger partial charge in [0.25, 0.3) is 0 Å². The van der Waals surface area contributed by atoms with Gasteiger partial charge in [-0.2, -0.15) is 11.8 Å². The van der Waals surface area contributed by atoms with E-state index in [0.29, 0.717) is 17.3 Å². The fourth-order valence-corrected chi connectivity index (χ4v) is 3.26. The monoisotopic (exact) mass is 228 g/mol. The van der Waals surface area contributed by atoms with E-state index in [4.69, 9.17) is 0 Å². The van der Waals surface area contributed by atoms with Gasteiger partial charge in [-0.25, -0.2) is 4.79 Å². The summed E-state index contributed by atoms with van der Waals surface area (Å²) in [6, 6.07) is 0.879. The molecule has 15 heavy (non-hydrogen) atoms. The third-order valence-corrected chi connectivity index (χ3v) is 4.68. The second-order valence-corrected chi connectivity index (χ2v) is 5.63. The zero-order valence-corrected chi connectivity index (χ0v) is 10.1. The van der Waals surface area contributed by atoms with E-state index in [2.05, 4.69) is 16.9 Å². The summed E-state index contributed by atoms with van der Waals surface area (Å²) in [5.74, 6) is 0. The van der Waals surface area contributed by atoms with Crippen molar-refractivity contribution in [3.8, 4) is 0 Å². The summed E-state index contributed by atoms with van der Waals surface area (Å²) >= 11 is 1.88. The van der Waals surface area contributed by atoms with Crippen LogP contribution in [0.2, 0.25) is 0 Å². The quantitative estimate of drug-likeness (QED) is 0.777. The van der Waals surface area contributed by atoms with Crippen molar-refractivity contribution in [2.75, 3.05) is 6.26 Å². The van der Waals surface area contributed by atoms with Crippen molar-refractivity contribution < 1.29 is 4.79 Å². The highest BCUT2D eigenvalue weighted by molar-refractivity contribution is 7.99. The molecule has 0 aliphatic heterocycles. The highest BCUT2D eigenvalue weighted by atomic mass is 32.2. The van der Waals surface area contributed by atoms with Gasteiger partial charge < -0.3 is 10.6 Å². The maximum atomic E-state index is 11.6. The predicted octanol–water partition coefficient (Wildman–Crippen LogP) is 2.12. The second-order valence-electron chi connectivity index (χ2n) is 4.56. The van der Waals surface area contributed by atoms with Crippen molar-refractivity contribution in [3.63, 3.8) is 0 Å². The lowest BCUT2D eigenvalue weighted by Crippen LogP contribution is -2.49. The van der Waals surface area contributed by atoms with Crippen LogP contribution in [0.15, 0.2) is 0 Å². The minimum absolute atomic E-state index is 0.0469. The summed E-state index contributed by atoms with van der Waals surface area (Å²) in [4.78, 5) is 11.6. The Morgan fingerprint density at radius 3 is 2.47 bits per heavy atom. The first-order chi connectivity index (χ1) is 7.29. The zero-order valence-electron chi connectivity index (χ0n) is 9.29. The van der Waals surface area contributed by atoms with Crippen LogP contribution in [0.1, 0.15) is 38.5 Å². The highest BCUT2D eigenvalue weighted by Crippen LogP contribution is 2.28. The minimum Gasteiger partial charge on any atom is -0.335 e. The predicted molar refractivity (Wildman–Crippen MR) is 64.2 cm³/mol. The Balaban J connectivity index is 1.72. The van der Waals surface area contributed by atoms with Crippen LogP contribution in [0.3, 0.4) is 0 Å². The summed E-state index contributed by atoms with van der Waals surface area (Å²) in [6.07, 6.45) is 9.35. The van der Waals surface area contributed by atoms with Gasteiger partial charge in [0.05, 0.1) is 0 Å². The molecule has 2 amide bonds. The molecule has 86 valence electrons. The topological polar surface area (TPSA) is 41.1 Å². The number of urea groups is 1. The van der Waals surface area contributed by atoms with Gasteiger partial charge in [0, 0.05) is 17.3 Å². The van der Waals surface area contributed by atoms with Crippen LogP contribution in [-0.4, -0.2) is 29.6 Å². The summed E-state index contributed by atoms with van der Waals surface area (Å²) in [6.45, 7) is 0. The molecular weight excluding hydrogens is 208 g/mol. The van der Waals surface area contributed by atoms with Crippen LogP contribution in [0.4, 0.5) is 4.79 Å². The number of rotatable bonds is 3. The SMILES string of the molecule is CSC1CCCC1NC(=O)NC1CCC1. The molecule has 0 radical (unpaired) electrons. The zero-order chi connectivity index (χ0) is 10.7. The molecule has 2 aliphatic carbocycles. The lowest BCUT2D eigenvalue weighted by atomic mass is 9.93. The van der Waals surface area contributed by atoms with Gasteiger partial charge in [-0.1, -0.05) is 6.42 Å². The number of thioether (sulfide) groups is 1. The first kappa shape index (κ1) is 11.1. The van der Waals surface area contributed by atoms with E-state index in [1.54, 1.807) is 0 Å². The van der Waals surface area contributed by atoms with Crippen LogP contribution >= 0.6 is 11.8 Å². The van der Waals surface area contributed by atoms with Crippen LogP contribution in [0.5, 0.6) is 0 Å². The largest absolute Gasteiger partial charge is 0.335 e. The third kappa shape index (κ3) is 2.80. The van der Waals surface area contributed by atoms with Gasteiger partial charge in [0.1, 0.15) is 0 Å². The third-order valence-electron chi connectivity index (χ3n) is 3.51. The van der Waals surface area contributed by atoms with Gasteiger partial charge >= 0.3 is 6.03 Å². The van der Waals surface area contributed by atoms with E-state index < -0.39 is 0 Å². The van der Waals surface area contributed by atoms with Crippen molar-refractivity contribution in [1.82, 2.24) is 10.6 Å². The Morgan fingerprint density at radius 2 is 1.87 bits per heavy atom. The smallest absolute Gasteiger partial charge is 0.315 e. The molecule has 0 aromatic heterocycles. The van der Waals surface area contributed by atoms with Crippen molar-refractivity contribution >= 4 is 17.8 Å². The molecule has 0 aromatic rings. The lowest BCUT2D eigenvalue weighted by Gasteiger charge is -2.28. The van der Waals surface area contributed by atoms with E-state index in [1.807, 2.05) is 11.8 Å². The maximum absolute atomic E-state index is 11.6. The van der Waals surface area contributed by atoms with Crippen molar-refractivity contribution in [2.45, 2.75) is 55.9 Å². The van der Waals surface area contributed by atoms with Gasteiger partial charge in [0.15, 0.2) is 0 Å². The molecule has 2 unspecified atom stereocenters. The molecule has 0 saturated heterocycles. The fraction of sp³-hybridized carbons (Fsp3) is 0.909. The minimum atomic E-state index is 0.0469. The van der Waals surface area contributed by atoms with E-state index in [1.165, 1.54) is 19.3 Å². The normalized spacial score (nSPS) is 31.0. The molecule has 0 spiro atoms. The molecule has 2 saturated carbocycles. The summed E-state index contributed by atoms with van der Waals surface area (Å²) in [7, 11) is 0. The average molecular weight is 228 g/mol. The van der Waals surface area contributed by atoms with Crippen LogP contribution < -0.4 is 10.6 Å². The maximum Gasteiger partial charge on any atom is 0.315 e. The van der Waals surface area contributed by atoms with Gasteiger partial charge in [-0.05, 0) is 38.4 Å². The van der Waals surface area contributed by atoms with Gasteiger partial charge in [-0.3, -0.25) is 0 Å². The summed E-state index contributed by atoms with van der Waals surface area (Å²) < 4.78 is 0. The molecule has 2 atom stereocenters. The number of hydrogen-bond acceptors (Lipinski definition) is 2. The standard InChI is InChI=1S/C11H20N2OS/c1-15-10-7-3-6-9(10)13-11(14)12-8-4-2-5-8/h8-10H,2-7H2,1H3,(H2,12,13,14). The Kier molecular flexibility index (Phi) is 3.78. The first-order valence-corrected chi connectivity index (χ1v) is 7.18. The molecule has 4 heteroatoms. The van der Waals surface area contributed by atoms with Crippen molar-refractivity contribution in [1.29, 1.82) is 0 Å². The molecule has 3 nitrogen and oxygen atoms in total. The molecule has 2 rings (SSSR count). The molecule has 2 N–H and O–H groups in total. The number of nitrogens with one attached hydrogen (secondary N) is 2. The number of carbonyl (C=O) groups is 1. The molecule has 0 aromatic carbocycles. The van der Waals surface area contributed by atoms with Crippen molar-refractivity contribution in [3.05, 3.63) is 0 Å². The Labute approximate surface area is 95.8 Å². The fourth-order valence-electron chi connectivity index (χ4n) is 2.32. The average Bonchev–Trinajstić information content (AvgIpc) is 2.59. The van der Waals surface area contributed by atoms with E-state index >= 15 is 0 Å². The van der Waals surface area contributed by atoms with E-state index in [0.717, 1.165) is 19.3 Å². The Morgan fingerprint density at radius 1 is 1.13 bits per heavy atom. The van der Waals surface area contributed by atoms with Crippen molar-refractivity contribution in [2.24, 2.45) is 0 Å². The number of carbonyl (C=O) groups excluding carboxylic acids is 1. The molecule has 2 aliphatic rings. The van der Waals surface area contributed by atoms with E-state index in [9.17, 15) is 4.79 Å². The molecule has 0 heterocycles. The molecule has 2 fully saturated rings. The first-order valence-electron chi connectivity index (χ1n) is 5.89. The van der Waals surface area contributed by atoms with Gasteiger partial charge in [0.2, 0.25) is 0 Å². The van der Waals surface area contributed by atoms with Crippen LogP contribution in [-0.2, 0) is 0 Å². The number of hydrogen-bond donors (Lipinski definition) is 2. The van der Waals surface area contributed by atoms with Gasteiger partial charge in [-0.15, -0.1) is 0 Å². The Bertz CT molecular complexity index is 231. The van der Waals surface area contributed by atoms with E-state index in [-0.39, 0.29) is 6.03 Å². The van der Waals surface area contributed by atoms with Crippen LogP contribution in [0, 0.1) is 0 Å². The van der Waals surface area contributed by atoms with Crippen LogP contribution in [0.25, 0.3) is 0 Å². The highest BCUT2D eigenvalue weighted by Gasteiger charge is 2.28. The summed E-state index contributed by atoms with van der Waals surface area (Å²) in [5.41, 5.74) is 0. The molecule has 0 bridgehead atoms. The summed E-state index contributed by atoms with van der Waals surface area (Å²) in [5, 5.41) is 6.76. The lowest BCUT2D eigenvalue weighted by molar-refractivity contribution is 0.225. The number of amides is 2. The second kappa shape index (κ2) is 5.10. The Hall–Kier alpha value is -0.380. The molecular formula is C11H20N2OS.